The smallest absolute Gasteiger partial charge is 0.00602 e. The first kappa shape index (κ1) is 19.1. The van der Waals surface area contributed by atoms with E-state index in [2.05, 4.69) is 116 Å². The predicted octanol–water partition coefficient (Wildman–Crippen LogP) is 6.85. The summed E-state index contributed by atoms with van der Waals surface area (Å²) in [5.74, 6) is 0. The van der Waals surface area contributed by atoms with Gasteiger partial charge in [-0.1, -0.05) is 124 Å². The molecule has 0 radical (unpaired) electrons. The summed E-state index contributed by atoms with van der Waals surface area (Å²) in [7, 11) is 0.882. The van der Waals surface area contributed by atoms with Crippen molar-refractivity contribution in [3.63, 3.8) is 0 Å². The van der Waals surface area contributed by atoms with Crippen molar-refractivity contribution in [2.45, 2.75) is 13.1 Å². The highest BCUT2D eigenvalue weighted by molar-refractivity contribution is 7.46. The molecule has 0 spiro atoms. The molecule has 0 fully saturated rings. The zero-order valence-corrected chi connectivity index (χ0v) is 16.7. The quantitative estimate of drug-likeness (QED) is 0.345. The lowest BCUT2D eigenvalue weighted by atomic mass is 10.0. The lowest BCUT2D eigenvalue weighted by Crippen LogP contribution is -1.92. The van der Waals surface area contributed by atoms with Crippen LogP contribution in [0.5, 0.6) is 0 Å². The minimum absolute atomic E-state index is 0.882. The fourth-order valence-electron chi connectivity index (χ4n) is 2.87. The maximum atomic E-state index is 2.20. The van der Waals surface area contributed by atoms with Crippen LogP contribution in [0.2, 0.25) is 0 Å². The van der Waals surface area contributed by atoms with Crippen LogP contribution >= 0.6 is 8.58 Å². The Bertz CT molecular complexity index is 876. The third kappa shape index (κ3) is 6.20. The Kier molecular flexibility index (Phi) is 7.39. The molecular weight excluding hydrogens is 343 g/mol. The van der Waals surface area contributed by atoms with Crippen LogP contribution in [0, 0.1) is 6.92 Å². The van der Waals surface area contributed by atoms with Crippen molar-refractivity contribution in [2.75, 3.05) is 0 Å². The molecule has 4 aromatic rings. The van der Waals surface area contributed by atoms with Gasteiger partial charge in [-0.25, -0.2) is 0 Å². The third-order valence-corrected chi connectivity index (χ3v) is 5.67. The van der Waals surface area contributed by atoms with E-state index < -0.39 is 0 Å². The van der Waals surface area contributed by atoms with E-state index >= 15 is 0 Å². The van der Waals surface area contributed by atoms with Crippen LogP contribution < -0.4 is 5.30 Å². The molecule has 0 nitrogen and oxygen atoms in total. The maximum absolute atomic E-state index is 2.20. The molecule has 0 amide bonds. The van der Waals surface area contributed by atoms with Gasteiger partial charge in [0.15, 0.2) is 0 Å². The fourth-order valence-corrected chi connectivity index (χ4v) is 3.94. The monoisotopic (exact) mass is 368 g/mol. The Hall–Kier alpha value is -2.69. The van der Waals surface area contributed by atoms with E-state index in [-0.39, 0.29) is 0 Å². The molecule has 0 saturated heterocycles. The van der Waals surface area contributed by atoms with Crippen LogP contribution in [0.4, 0.5) is 0 Å². The molecular formula is C26H25P. The number of aryl methyl sites for hydroxylation is 1. The van der Waals surface area contributed by atoms with Gasteiger partial charge in [-0.3, -0.25) is 0 Å². The van der Waals surface area contributed by atoms with Gasteiger partial charge in [-0.05, 0) is 40.6 Å². The molecule has 0 bridgehead atoms. The number of hydrogen-bond donors (Lipinski definition) is 0. The highest BCUT2D eigenvalue weighted by Gasteiger charge is 1.98. The minimum atomic E-state index is 0.882. The Morgan fingerprint density at radius 3 is 1.70 bits per heavy atom. The van der Waals surface area contributed by atoms with Gasteiger partial charge >= 0.3 is 0 Å². The van der Waals surface area contributed by atoms with E-state index in [1.54, 1.807) is 0 Å². The first-order chi connectivity index (χ1) is 13.3. The van der Waals surface area contributed by atoms with Gasteiger partial charge in [0, 0.05) is 0 Å². The summed E-state index contributed by atoms with van der Waals surface area (Å²) in [6.45, 7) is 2.14. The molecule has 134 valence electrons. The van der Waals surface area contributed by atoms with Gasteiger partial charge < -0.3 is 0 Å². The van der Waals surface area contributed by atoms with E-state index in [1.807, 2.05) is 6.07 Å². The van der Waals surface area contributed by atoms with Crippen molar-refractivity contribution >= 4 is 13.9 Å². The van der Waals surface area contributed by atoms with Gasteiger partial charge in [-0.15, -0.1) is 0 Å². The summed E-state index contributed by atoms with van der Waals surface area (Å²) >= 11 is 0. The van der Waals surface area contributed by atoms with Crippen molar-refractivity contribution in [1.29, 1.82) is 0 Å². The van der Waals surface area contributed by atoms with E-state index in [9.17, 15) is 0 Å². The second kappa shape index (κ2) is 10.5. The number of hydrogen-bond acceptors (Lipinski definition) is 0. The molecule has 0 aliphatic carbocycles. The molecule has 0 heterocycles. The lowest BCUT2D eigenvalue weighted by molar-refractivity contribution is 1.41. The van der Waals surface area contributed by atoms with Crippen LogP contribution in [0.15, 0.2) is 115 Å². The molecule has 1 heteroatoms. The van der Waals surface area contributed by atoms with Crippen LogP contribution in [0.3, 0.4) is 0 Å². The van der Waals surface area contributed by atoms with Gasteiger partial charge in [0.05, 0.1) is 0 Å². The van der Waals surface area contributed by atoms with Crippen molar-refractivity contribution in [2.24, 2.45) is 0 Å². The lowest BCUT2D eigenvalue weighted by Gasteiger charge is -2.04. The Morgan fingerprint density at radius 1 is 0.556 bits per heavy atom. The van der Waals surface area contributed by atoms with Crippen LogP contribution in [-0.4, -0.2) is 0 Å². The summed E-state index contributed by atoms with van der Waals surface area (Å²) in [6, 6.07) is 40.2. The molecule has 1 unspecified atom stereocenters. The molecule has 0 aromatic heterocycles. The second-order valence-corrected chi connectivity index (χ2v) is 7.67. The summed E-state index contributed by atoms with van der Waals surface area (Å²) in [4.78, 5) is 0. The molecule has 27 heavy (non-hydrogen) atoms. The minimum Gasteiger partial charge on any atom is -0.0859 e. The number of benzene rings is 4. The maximum Gasteiger partial charge on any atom is -0.00602 e. The molecule has 4 aromatic carbocycles. The highest BCUT2D eigenvalue weighted by atomic mass is 31.1. The van der Waals surface area contributed by atoms with Crippen LogP contribution in [0.1, 0.15) is 11.1 Å². The third-order valence-electron chi connectivity index (χ3n) is 4.34. The average molecular weight is 368 g/mol. The first-order valence-electron chi connectivity index (χ1n) is 9.27. The standard InChI is InChI=1S/C13H13P.C13H12/c1-3-7-12(8-4-1)11-14-13-9-5-2-6-10-13;1-11-7-5-6-10-13(11)12-8-3-2-4-9-12/h1-10,14H,11H2;2-10H,1H3. The molecule has 0 N–H and O–H groups in total. The molecule has 0 saturated carbocycles. The highest BCUT2D eigenvalue weighted by Crippen LogP contribution is 2.22. The topological polar surface area (TPSA) is 0 Å². The molecule has 4 rings (SSSR count). The summed E-state index contributed by atoms with van der Waals surface area (Å²) < 4.78 is 0. The normalized spacial score (nSPS) is 10.4. The van der Waals surface area contributed by atoms with E-state index in [4.69, 9.17) is 0 Å². The Morgan fingerprint density at radius 2 is 1.07 bits per heavy atom. The zero-order valence-electron chi connectivity index (χ0n) is 15.7. The summed E-state index contributed by atoms with van der Waals surface area (Å²) in [6.07, 6.45) is 1.16. The largest absolute Gasteiger partial charge is 0.0859 e. The summed E-state index contributed by atoms with van der Waals surface area (Å²) in [5.41, 5.74) is 5.37. The Labute approximate surface area is 164 Å². The van der Waals surface area contributed by atoms with Gasteiger partial charge in [0.1, 0.15) is 0 Å². The zero-order chi connectivity index (χ0) is 18.7. The van der Waals surface area contributed by atoms with Crippen molar-refractivity contribution in [3.05, 3.63) is 126 Å². The van der Waals surface area contributed by atoms with Crippen molar-refractivity contribution in [3.8, 4) is 11.1 Å². The van der Waals surface area contributed by atoms with Crippen LogP contribution in [0.25, 0.3) is 11.1 Å². The Balaban J connectivity index is 0.000000156. The predicted molar refractivity (Wildman–Crippen MR) is 121 cm³/mol. The second-order valence-electron chi connectivity index (χ2n) is 6.39. The average Bonchev–Trinajstić information content (AvgIpc) is 2.75. The summed E-state index contributed by atoms with van der Waals surface area (Å²) in [5, 5.41) is 1.44. The molecule has 0 aliphatic rings. The van der Waals surface area contributed by atoms with Gasteiger partial charge in [-0.2, -0.15) is 0 Å². The van der Waals surface area contributed by atoms with Crippen molar-refractivity contribution in [1.82, 2.24) is 0 Å². The SMILES string of the molecule is Cc1ccccc1-c1ccccc1.c1ccc(CPc2ccccc2)cc1. The van der Waals surface area contributed by atoms with Crippen molar-refractivity contribution < 1.29 is 0 Å². The first-order valence-corrected chi connectivity index (χ1v) is 10.5. The van der Waals surface area contributed by atoms with Crippen LogP contribution in [-0.2, 0) is 6.16 Å². The van der Waals surface area contributed by atoms with Gasteiger partial charge in [0.25, 0.3) is 0 Å². The molecule has 0 aliphatic heterocycles. The fraction of sp³-hybridized carbons (Fsp3) is 0.0769. The molecule has 1 atom stereocenters. The van der Waals surface area contributed by atoms with E-state index in [0.29, 0.717) is 0 Å². The number of rotatable bonds is 4. The van der Waals surface area contributed by atoms with Gasteiger partial charge in [0.2, 0.25) is 0 Å². The van der Waals surface area contributed by atoms with E-state index in [1.165, 1.54) is 27.6 Å². The van der Waals surface area contributed by atoms with E-state index in [0.717, 1.165) is 14.7 Å².